The lowest BCUT2D eigenvalue weighted by Gasteiger charge is -2.15. The van der Waals surface area contributed by atoms with Crippen molar-refractivity contribution < 1.29 is 14.7 Å². The van der Waals surface area contributed by atoms with E-state index < -0.39 is 12.2 Å². The van der Waals surface area contributed by atoms with Gasteiger partial charge in [0.1, 0.15) is 6.10 Å². The van der Waals surface area contributed by atoms with E-state index >= 15 is 0 Å². The van der Waals surface area contributed by atoms with Gasteiger partial charge in [0.15, 0.2) is 11.4 Å². The van der Waals surface area contributed by atoms with E-state index in [1.54, 1.807) is 18.2 Å². The molecule has 4 N–H and O–H groups in total. The molecule has 2 rings (SSSR count). The molecule has 0 spiro atoms. The Morgan fingerprint density at radius 1 is 1.44 bits per heavy atom. The van der Waals surface area contributed by atoms with Crippen molar-refractivity contribution in [2.45, 2.75) is 12.2 Å². The predicted octanol–water partition coefficient (Wildman–Crippen LogP) is 1.20. The minimum absolute atomic E-state index is 0.275. The largest absolute Gasteiger partial charge is 0.389 e. The Labute approximate surface area is 100.0 Å². The van der Waals surface area contributed by atoms with Crippen molar-refractivity contribution in [1.82, 2.24) is 5.16 Å². The van der Waals surface area contributed by atoms with Crippen LogP contribution in [0.1, 0.15) is 11.7 Å². The molecule has 0 aliphatic heterocycles. The summed E-state index contributed by atoms with van der Waals surface area (Å²) in [7, 11) is 0. The molecular weight excluding hydrogens is 276 g/mol. The van der Waals surface area contributed by atoms with E-state index in [-0.39, 0.29) is 5.82 Å². The minimum Gasteiger partial charge on any atom is -0.389 e. The zero-order valence-electron chi connectivity index (χ0n) is 8.30. The van der Waals surface area contributed by atoms with E-state index in [9.17, 15) is 10.2 Å². The van der Waals surface area contributed by atoms with Crippen LogP contribution >= 0.6 is 15.9 Å². The highest BCUT2D eigenvalue weighted by atomic mass is 79.9. The topological polar surface area (TPSA) is 92.5 Å². The van der Waals surface area contributed by atoms with Crippen LogP contribution in [-0.4, -0.2) is 26.8 Å². The molecule has 0 saturated carbocycles. The Morgan fingerprint density at radius 3 is 2.88 bits per heavy atom. The molecule has 2 aromatic rings. The molecule has 16 heavy (non-hydrogen) atoms. The van der Waals surface area contributed by atoms with E-state index in [0.717, 1.165) is 0 Å². The van der Waals surface area contributed by atoms with Crippen LogP contribution in [0.25, 0.3) is 11.0 Å². The highest BCUT2D eigenvalue weighted by Crippen LogP contribution is 2.26. The van der Waals surface area contributed by atoms with E-state index in [1.165, 1.54) is 0 Å². The number of fused-ring (bicyclic) bond motifs is 1. The van der Waals surface area contributed by atoms with E-state index in [4.69, 9.17) is 10.3 Å². The second-order valence-corrected chi connectivity index (χ2v) is 4.14. The molecule has 86 valence electrons. The van der Waals surface area contributed by atoms with Gasteiger partial charge in [0.25, 0.3) is 0 Å². The predicted molar refractivity (Wildman–Crippen MR) is 63.2 cm³/mol. The molecule has 2 unspecified atom stereocenters. The summed E-state index contributed by atoms with van der Waals surface area (Å²) in [4.78, 5) is 0. The monoisotopic (exact) mass is 286 g/mol. The standard InChI is InChI=1S/C10H11BrN2O3/c11-4-7(14)9(15)5-1-2-8-6(3-5)10(12)13-16-8/h1-3,7,9,14-15H,4H2,(H2,12,13). The molecule has 0 fully saturated rings. The number of rotatable bonds is 3. The fourth-order valence-corrected chi connectivity index (χ4v) is 1.82. The fourth-order valence-electron chi connectivity index (χ4n) is 1.47. The van der Waals surface area contributed by atoms with Crippen LogP contribution in [0, 0.1) is 0 Å². The summed E-state index contributed by atoms with van der Waals surface area (Å²) in [6.07, 6.45) is -1.82. The van der Waals surface area contributed by atoms with Crippen molar-refractivity contribution in [3.63, 3.8) is 0 Å². The van der Waals surface area contributed by atoms with Crippen LogP contribution in [0.2, 0.25) is 0 Å². The van der Waals surface area contributed by atoms with Gasteiger partial charge in [0, 0.05) is 5.33 Å². The third-order valence-electron chi connectivity index (χ3n) is 2.39. The molecule has 0 saturated heterocycles. The molecule has 0 radical (unpaired) electrons. The van der Waals surface area contributed by atoms with Gasteiger partial charge in [-0.2, -0.15) is 0 Å². The number of benzene rings is 1. The molecule has 5 nitrogen and oxygen atoms in total. The van der Waals surface area contributed by atoms with Gasteiger partial charge in [-0.25, -0.2) is 0 Å². The highest BCUT2D eigenvalue weighted by Gasteiger charge is 2.18. The molecule has 1 heterocycles. The van der Waals surface area contributed by atoms with E-state index in [0.29, 0.717) is 21.9 Å². The number of alkyl halides is 1. The Morgan fingerprint density at radius 2 is 2.19 bits per heavy atom. The summed E-state index contributed by atoms with van der Waals surface area (Å²) in [5.74, 6) is 0.275. The summed E-state index contributed by atoms with van der Waals surface area (Å²) < 4.78 is 4.94. The number of aliphatic hydroxyl groups is 2. The van der Waals surface area contributed by atoms with Crippen LogP contribution < -0.4 is 5.73 Å². The summed E-state index contributed by atoms with van der Waals surface area (Å²) >= 11 is 3.10. The van der Waals surface area contributed by atoms with Gasteiger partial charge in [-0.05, 0) is 17.7 Å². The lowest BCUT2D eigenvalue weighted by atomic mass is 10.0. The van der Waals surface area contributed by atoms with Gasteiger partial charge in [0.05, 0.1) is 11.5 Å². The van der Waals surface area contributed by atoms with Crippen molar-refractivity contribution in [2.75, 3.05) is 11.1 Å². The summed E-state index contributed by atoms with van der Waals surface area (Å²) in [6.45, 7) is 0. The van der Waals surface area contributed by atoms with Crippen LogP contribution in [0.4, 0.5) is 5.82 Å². The van der Waals surface area contributed by atoms with Crippen molar-refractivity contribution >= 4 is 32.7 Å². The second-order valence-electron chi connectivity index (χ2n) is 3.49. The first kappa shape index (κ1) is 11.4. The number of aliphatic hydroxyl groups excluding tert-OH is 2. The second kappa shape index (κ2) is 4.40. The number of halogens is 1. The van der Waals surface area contributed by atoms with Gasteiger partial charge in [-0.1, -0.05) is 27.2 Å². The van der Waals surface area contributed by atoms with Gasteiger partial charge in [-0.15, -0.1) is 0 Å². The maximum Gasteiger partial charge on any atom is 0.174 e. The van der Waals surface area contributed by atoms with Crippen molar-refractivity contribution in [3.05, 3.63) is 23.8 Å². The number of anilines is 1. The highest BCUT2D eigenvalue weighted by molar-refractivity contribution is 9.09. The molecule has 6 heteroatoms. The summed E-state index contributed by atoms with van der Waals surface area (Å²) in [5, 5.41) is 23.9. The quantitative estimate of drug-likeness (QED) is 0.738. The Balaban J connectivity index is 2.41. The van der Waals surface area contributed by atoms with Gasteiger partial charge in [-0.3, -0.25) is 0 Å². The molecule has 1 aromatic heterocycles. The third kappa shape index (κ3) is 1.91. The Hall–Kier alpha value is -1.11. The molecule has 0 aliphatic carbocycles. The lowest BCUT2D eigenvalue weighted by molar-refractivity contribution is 0.0343. The molecule has 0 amide bonds. The molecule has 1 aromatic carbocycles. The normalized spacial score (nSPS) is 15.2. The van der Waals surface area contributed by atoms with Gasteiger partial charge in [0.2, 0.25) is 0 Å². The molecular formula is C10H11BrN2O3. The Kier molecular flexibility index (Phi) is 3.13. The first-order chi connectivity index (χ1) is 7.63. The lowest BCUT2D eigenvalue weighted by Crippen LogP contribution is -2.19. The number of hydrogen-bond donors (Lipinski definition) is 3. The van der Waals surface area contributed by atoms with Crippen LogP contribution in [0.15, 0.2) is 22.7 Å². The third-order valence-corrected chi connectivity index (χ3v) is 3.05. The Bertz CT molecular complexity index is 500. The van der Waals surface area contributed by atoms with E-state index in [2.05, 4.69) is 21.1 Å². The maximum atomic E-state index is 9.81. The minimum atomic E-state index is -0.960. The zero-order chi connectivity index (χ0) is 11.7. The van der Waals surface area contributed by atoms with Gasteiger partial charge >= 0.3 is 0 Å². The van der Waals surface area contributed by atoms with E-state index in [1.807, 2.05) is 0 Å². The molecule has 0 bridgehead atoms. The van der Waals surface area contributed by atoms with Crippen molar-refractivity contribution in [2.24, 2.45) is 0 Å². The number of hydrogen-bond acceptors (Lipinski definition) is 5. The number of nitrogens with two attached hydrogens (primary N) is 1. The number of nitrogen functional groups attached to an aromatic ring is 1. The smallest absolute Gasteiger partial charge is 0.174 e. The average molecular weight is 287 g/mol. The van der Waals surface area contributed by atoms with Gasteiger partial charge < -0.3 is 20.5 Å². The number of nitrogens with zero attached hydrogens (tertiary/aromatic N) is 1. The van der Waals surface area contributed by atoms with Crippen LogP contribution in [0.5, 0.6) is 0 Å². The molecule has 0 aliphatic rings. The van der Waals surface area contributed by atoms with Crippen LogP contribution in [-0.2, 0) is 0 Å². The first-order valence-corrected chi connectivity index (χ1v) is 5.82. The van der Waals surface area contributed by atoms with Crippen molar-refractivity contribution in [3.8, 4) is 0 Å². The molecule has 2 atom stereocenters. The first-order valence-electron chi connectivity index (χ1n) is 4.70. The summed E-state index contributed by atoms with van der Waals surface area (Å²) in [6, 6.07) is 5.00. The zero-order valence-corrected chi connectivity index (χ0v) is 9.89. The average Bonchev–Trinajstić information content (AvgIpc) is 2.68. The van der Waals surface area contributed by atoms with Crippen molar-refractivity contribution in [1.29, 1.82) is 0 Å². The fraction of sp³-hybridized carbons (Fsp3) is 0.300. The maximum absolute atomic E-state index is 9.81. The van der Waals surface area contributed by atoms with Crippen LogP contribution in [0.3, 0.4) is 0 Å². The summed E-state index contributed by atoms with van der Waals surface area (Å²) in [5.41, 5.74) is 6.73. The SMILES string of the molecule is Nc1noc2ccc(C(O)C(O)CBr)cc12. The number of aromatic nitrogens is 1.